The van der Waals surface area contributed by atoms with Gasteiger partial charge in [-0.15, -0.1) is 0 Å². The van der Waals surface area contributed by atoms with E-state index in [-0.39, 0.29) is 5.82 Å². The molecule has 32 heavy (non-hydrogen) atoms. The summed E-state index contributed by atoms with van der Waals surface area (Å²) in [6, 6.07) is 13.9. The summed E-state index contributed by atoms with van der Waals surface area (Å²) in [5, 5.41) is 16.5. The number of nitrogens with zero attached hydrogens (tertiary/aromatic N) is 4. The molecule has 0 aliphatic heterocycles. The Morgan fingerprint density at radius 1 is 1.06 bits per heavy atom. The normalized spacial score (nSPS) is 10.9. The molecular weight excluding hydrogens is 470 g/mol. The second-order valence-corrected chi connectivity index (χ2v) is 8.41. The fraction of sp³-hybridized carbons (Fsp3) is 0.136. The van der Waals surface area contributed by atoms with E-state index in [1.54, 1.807) is 45.9 Å². The van der Waals surface area contributed by atoms with E-state index < -0.39 is 0 Å². The maximum Gasteiger partial charge on any atom is 0.176 e. The van der Waals surface area contributed by atoms with Gasteiger partial charge in [0.05, 0.1) is 25.0 Å². The molecule has 2 N–H and O–H groups in total. The SMILES string of the molecule is Cc1cc(NC(=S)Nc2cnn(Cc3ccc(Cl)cc3Cl)c2)nn1Cc1ccccc1F. The quantitative estimate of drug-likeness (QED) is 0.339. The molecule has 0 aliphatic rings. The fourth-order valence-corrected chi connectivity index (χ4v) is 3.83. The molecule has 0 radical (unpaired) electrons. The monoisotopic (exact) mass is 488 g/mol. The highest BCUT2D eigenvalue weighted by Crippen LogP contribution is 2.22. The highest BCUT2D eigenvalue weighted by molar-refractivity contribution is 7.80. The molecule has 0 fully saturated rings. The maximum absolute atomic E-state index is 13.9. The summed E-state index contributed by atoms with van der Waals surface area (Å²) in [4.78, 5) is 0. The van der Waals surface area contributed by atoms with Crippen LogP contribution >= 0.6 is 35.4 Å². The van der Waals surface area contributed by atoms with Crippen molar-refractivity contribution >= 4 is 52.0 Å². The Labute approximate surface area is 200 Å². The van der Waals surface area contributed by atoms with Gasteiger partial charge in [-0.05, 0) is 42.9 Å². The summed E-state index contributed by atoms with van der Waals surface area (Å²) in [6.07, 6.45) is 3.49. The molecule has 2 aromatic heterocycles. The Bertz CT molecular complexity index is 1270. The Kier molecular flexibility index (Phi) is 6.74. The summed E-state index contributed by atoms with van der Waals surface area (Å²) < 4.78 is 17.4. The van der Waals surface area contributed by atoms with Gasteiger partial charge in [0, 0.05) is 33.6 Å². The molecule has 6 nitrogen and oxygen atoms in total. The first-order valence-corrected chi connectivity index (χ1v) is 10.9. The van der Waals surface area contributed by atoms with Crippen LogP contribution in [0.25, 0.3) is 0 Å². The molecule has 0 bridgehead atoms. The molecule has 0 saturated heterocycles. The molecule has 0 amide bonds. The first-order chi connectivity index (χ1) is 15.4. The van der Waals surface area contributed by atoms with Crippen molar-refractivity contribution in [3.8, 4) is 0 Å². The average Bonchev–Trinajstić information content (AvgIpc) is 3.31. The number of nitrogens with one attached hydrogen (secondary N) is 2. The van der Waals surface area contributed by atoms with E-state index in [0.717, 1.165) is 16.9 Å². The summed E-state index contributed by atoms with van der Waals surface area (Å²) in [7, 11) is 0. The minimum Gasteiger partial charge on any atom is -0.330 e. The van der Waals surface area contributed by atoms with Crippen LogP contribution in [0.4, 0.5) is 15.9 Å². The number of rotatable bonds is 6. The first kappa shape index (κ1) is 22.3. The number of hydrogen-bond acceptors (Lipinski definition) is 3. The van der Waals surface area contributed by atoms with Crippen molar-refractivity contribution < 1.29 is 4.39 Å². The Morgan fingerprint density at radius 3 is 2.66 bits per heavy atom. The first-order valence-electron chi connectivity index (χ1n) is 9.69. The predicted octanol–water partition coefficient (Wildman–Crippen LogP) is 5.74. The topological polar surface area (TPSA) is 59.7 Å². The molecule has 4 aromatic rings. The van der Waals surface area contributed by atoms with Crippen molar-refractivity contribution in [1.29, 1.82) is 0 Å². The van der Waals surface area contributed by atoms with Crippen molar-refractivity contribution in [1.82, 2.24) is 19.6 Å². The van der Waals surface area contributed by atoms with Gasteiger partial charge in [-0.25, -0.2) is 4.39 Å². The van der Waals surface area contributed by atoms with Crippen molar-refractivity contribution in [2.24, 2.45) is 0 Å². The summed E-state index contributed by atoms with van der Waals surface area (Å²) in [5.74, 6) is 0.308. The minimum atomic E-state index is -0.258. The number of anilines is 2. The minimum absolute atomic E-state index is 0.258. The lowest BCUT2D eigenvalue weighted by Crippen LogP contribution is -2.19. The van der Waals surface area contributed by atoms with E-state index in [1.807, 2.05) is 25.3 Å². The van der Waals surface area contributed by atoms with Crippen LogP contribution in [-0.4, -0.2) is 24.7 Å². The van der Waals surface area contributed by atoms with Crippen molar-refractivity contribution in [3.05, 3.63) is 93.6 Å². The Balaban J connectivity index is 1.37. The van der Waals surface area contributed by atoms with E-state index in [4.69, 9.17) is 35.4 Å². The van der Waals surface area contributed by atoms with Crippen LogP contribution in [-0.2, 0) is 13.1 Å². The van der Waals surface area contributed by atoms with E-state index in [9.17, 15) is 4.39 Å². The molecule has 4 rings (SSSR count). The molecule has 0 atom stereocenters. The largest absolute Gasteiger partial charge is 0.330 e. The predicted molar refractivity (Wildman–Crippen MR) is 130 cm³/mol. The zero-order chi connectivity index (χ0) is 22.7. The van der Waals surface area contributed by atoms with Crippen LogP contribution in [0.15, 0.2) is 60.9 Å². The van der Waals surface area contributed by atoms with E-state index in [1.165, 1.54) is 6.07 Å². The maximum atomic E-state index is 13.9. The van der Waals surface area contributed by atoms with Crippen molar-refractivity contribution in [2.75, 3.05) is 10.6 Å². The molecule has 2 aromatic carbocycles. The molecule has 10 heteroatoms. The number of thiocarbonyl (C=S) groups is 1. The summed E-state index contributed by atoms with van der Waals surface area (Å²) >= 11 is 17.6. The molecule has 0 saturated carbocycles. The zero-order valence-corrected chi connectivity index (χ0v) is 19.3. The Hall–Kier alpha value is -2.94. The zero-order valence-electron chi connectivity index (χ0n) is 17.0. The third-order valence-corrected chi connectivity index (χ3v) is 5.53. The smallest absolute Gasteiger partial charge is 0.176 e. The number of hydrogen-bond donors (Lipinski definition) is 2. The molecule has 2 heterocycles. The van der Waals surface area contributed by atoms with Gasteiger partial charge in [-0.1, -0.05) is 47.5 Å². The number of benzene rings is 2. The second-order valence-electron chi connectivity index (χ2n) is 7.16. The number of aryl methyl sites for hydroxylation is 1. The van der Waals surface area contributed by atoms with Crippen LogP contribution < -0.4 is 10.6 Å². The van der Waals surface area contributed by atoms with Crippen molar-refractivity contribution in [2.45, 2.75) is 20.0 Å². The van der Waals surface area contributed by atoms with Crippen LogP contribution in [0.5, 0.6) is 0 Å². The Morgan fingerprint density at radius 2 is 1.88 bits per heavy atom. The molecular formula is C22H19Cl2FN6S. The van der Waals surface area contributed by atoms with Crippen molar-refractivity contribution in [3.63, 3.8) is 0 Å². The van der Waals surface area contributed by atoms with Gasteiger partial charge in [0.15, 0.2) is 10.9 Å². The fourth-order valence-electron chi connectivity index (χ4n) is 3.14. The third-order valence-electron chi connectivity index (χ3n) is 4.74. The molecule has 0 aliphatic carbocycles. The van der Waals surface area contributed by atoms with Gasteiger partial charge in [0.25, 0.3) is 0 Å². The lowest BCUT2D eigenvalue weighted by molar-refractivity contribution is 0.581. The van der Waals surface area contributed by atoms with Gasteiger partial charge in [0.2, 0.25) is 0 Å². The van der Waals surface area contributed by atoms with Crippen LogP contribution in [0.1, 0.15) is 16.8 Å². The van der Waals surface area contributed by atoms with E-state index >= 15 is 0 Å². The van der Waals surface area contributed by atoms with Crippen LogP contribution in [0.2, 0.25) is 10.0 Å². The lowest BCUT2D eigenvalue weighted by Gasteiger charge is -2.07. The number of aromatic nitrogens is 4. The van der Waals surface area contributed by atoms with E-state index in [2.05, 4.69) is 20.8 Å². The second kappa shape index (κ2) is 9.68. The van der Waals surface area contributed by atoms with E-state index in [0.29, 0.717) is 39.6 Å². The summed E-state index contributed by atoms with van der Waals surface area (Å²) in [5.41, 5.74) is 3.07. The molecule has 164 valence electrons. The van der Waals surface area contributed by atoms with Crippen LogP contribution in [0, 0.1) is 12.7 Å². The van der Waals surface area contributed by atoms with Crippen LogP contribution in [0.3, 0.4) is 0 Å². The highest BCUT2D eigenvalue weighted by atomic mass is 35.5. The third kappa shape index (κ3) is 5.45. The van der Waals surface area contributed by atoms with Gasteiger partial charge in [-0.3, -0.25) is 9.36 Å². The van der Waals surface area contributed by atoms with Gasteiger partial charge in [-0.2, -0.15) is 10.2 Å². The highest BCUT2D eigenvalue weighted by Gasteiger charge is 2.10. The van der Waals surface area contributed by atoms with Gasteiger partial charge < -0.3 is 10.6 Å². The number of halogens is 3. The lowest BCUT2D eigenvalue weighted by atomic mass is 10.2. The van der Waals surface area contributed by atoms with Gasteiger partial charge >= 0.3 is 0 Å². The van der Waals surface area contributed by atoms with Gasteiger partial charge in [0.1, 0.15) is 5.82 Å². The molecule has 0 unspecified atom stereocenters. The summed E-state index contributed by atoms with van der Waals surface area (Å²) in [6.45, 7) is 2.74. The standard InChI is InChI=1S/C22H19Cl2FN6S/c1-14-8-21(29-31(14)12-16-4-2-3-5-20(16)25)28-22(32)27-18-10-26-30(13-18)11-15-6-7-17(23)9-19(15)24/h2-10,13H,11-12H2,1H3,(H2,27,28,29,32). The molecule has 0 spiro atoms. The average molecular weight is 489 g/mol.